The number of piperidine rings is 1. The molecular formula is C12H20Cl2N2S. The summed E-state index contributed by atoms with van der Waals surface area (Å²) in [6, 6.07) is 4.90. The van der Waals surface area contributed by atoms with Gasteiger partial charge in [-0.25, -0.2) is 0 Å². The first-order valence-corrected chi connectivity index (χ1v) is 7.10. The average Bonchev–Trinajstić information content (AvgIpc) is 2.64. The molecule has 0 amide bonds. The van der Waals surface area contributed by atoms with Crippen molar-refractivity contribution < 1.29 is 0 Å². The van der Waals surface area contributed by atoms with Crippen molar-refractivity contribution in [3.8, 4) is 0 Å². The Balaban J connectivity index is 0.00000144. The summed E-state index contributed by atoms with van der Waals surface area (Å²) in [5, 5.41) is 0. The Bertz CT molecular complexity index is 341. The summed E-state index contributed by atoms with van der Waals surface area (Å²) in [4.78, 5) is 3.86. The van der Waals surface area contributed by atoms with Gasteiger partial charge in [-0.05, 0) is 38.4 Å². The molecule has 2 rings (SSSR count). The molecule has 2 unspecified atom stereocenters. The van der Waals surface area contributed by atoms with Crippen molar-refractivity contribution in [1.29, 1.82) is 0 Å². The molecule has 0 bridgehead atoms. The summed E-state index contributed by atoms with van der Waals surface area (Å²) in [5.74, 6) is 0. The van der Waals surface area contributed by atoms with E-state index in [2.05, 4.69) is 17.9 Å². The van der Waals surface area contributed by atoms with Crippen LogP contribution in [0.3, 0.4) is 0 Å². The van der Waals surface area contributed by atoms with E-state index in [0.29, 0.717) is 6.04 Å². The van der Waals surface area contributed by atoms with Gasteiger partial charge in [-0.15, -0.1) is 23.7 Å². The Hall–Kier alpha value is 0.200. The zero-order chi connectivity index (χ0) is 11.5. The van der Waals surface area contributed by atoms with Crippen molar-refractivity contribution in [3.63, 3.8) is 0 Å². The Labute approximate surface area is 119 Å². The highest BCUT2D eigenvalue weighted by atomic mass is 35.5. The molecule has 0 radical (unpaired) electrons. The van der Waals surface area contributed by atoms with Gasteiger partial charge in [0.05, 0.1) is 4.34 Å². The third-order valence-corrected chi connectivity index (χ3v) is 4.47. The predicted molar refractivity (Wildman–Crippen MR) is 78.3 cm³/mol. The first-order valence-electron chi connectivity index (χ1n) is 5.90. The maximum atomic E-state index is 6.05. The third-order valence-electron chi connectivity index (χ3n) is 3.26. The number of nitrogens with two attached hydrogens (primary N) is 1. The molecule has 1 aliphatic rings. The monoisotopic (exact) mass is 294 g/mol. The van der Waals surface area contributed by atoms with E-state index in [1.807, 2.05) is 6.07 Å². The molecule has 2 nitrogen and oxygen atoms in total. The van der Waals surface area contributed by atoms with E-state index in [1.54, 1.807) is 11.3 Å². The zero-order valence-corrected chi connectivity index (χ0v) is 12.5. The molecule has 2 atom stereocenters. The van der Waals surface area contributed by atoms with E-state index in [4.69, 9.17) is 17.3 Å². The van der Waals surface area contributed by atoms with Crippen molar-refractivity contribution in [1.82, 2.24) is 4.90 Å². The number of thiophene rings is 1. The molecule has 1 aromatic heterocycles. The second-order valence-electron chi connectivity index (χ2n) is 4.60. The Morgan fingerprint density at radius 1 is 1.53 bits per heavy atom. The predicted octanol–water partition coefficient (Wildman–Crippen LogP) is 3.53. The molecule has 98 valence electrons. The lowest BCUT2D eigenvalue weighted by atomic mass is 9.97. The van der Waals surface area contributed by atoms with E-state index in [1.165, 1.54) is 30.7 Å². The lowest BCUT2D eigenvalue weighted by Gasteiger charge is -2.37. The third kappa shape index (κ3) is 4.11. The molecule has 0 aromatic carbocycles. The fourth-order valence-corrected chi connectivity index (χ4v) is 3.56. The summed E-state index contributed by atoms with van der Waals surface area (Å²) in [6.45, 7) is 4.29. The Kier molecular flexibility index (Phi) is 6.24. The van der Waals surface area contributed by atoms with Crippen LogP contribution in [0.15, 0.2) is 12.1 Å². The molecule has 1 aromatic rings. The first kappa shape index (κ1) is 15.3. The quantitative estimate of drug-likeness (QED) is 0.924. The van der Waals surface area contributed by atoms with Crippen molar-refractivity contribution >= 4 is 35.3 Å². The molecule has 5 heteroatoms. The van der Waals surface area contributed by atoms with Crippen LogP contribution in [0.2, 0.25) is 4.34 Å². The van der Waals surface area contributed by atoms with Gasteiger partial charge < -0.3 is 5.73 Å². The molecule has 0 aliphatic carbocycles. The Morgan fingerprint density at radius 3 is 2.88 bits per heavy atom. The average molecular weight is 295 g/mol. The van der Waals surface area contributed by atoms with Crippen molar-refractivity contribution in [2.75, 3.05) is 6.54 Å². The van der Waals surface area contributed by atoms with Crippen LogP contribution in [0.4, 0.5) is 0 Å². The minimum Gasteiger partial charge on any atom is -0.327 e. The van der Waals surface area contributed by atoms with Crippen LogP contribution in [-0.4, -0.2) is 23.5 Å². The van der Waals surface area contributed by atoms with E-state index in [-0.39, 0.29) is 18.4 Å². The van der Waals surface area contributed by atoms with Crippen LogP contribution in [0.1, 0.15) is 31.1 Å². The van der Waals surface area contributed by atoms with Crippen LogP contribution in [0, 0.1) is 0 Å². The van der Waals surface area contributed by atoms with Gasteiger partial charge in [0.25, 0.3) is 0 Å². The molecule has 2 N–H and O–H groups in total. The highest BCUT2D eigenvalue weighted by Gasteiger charge is 2.25. The Morgan fingerprint density at radius 2 is 2.29 bits per heavy atom. The van der Waals surface area contributed by atoms with Crippen LogP contribution in [-0.2, 0) is 6.54 Å². The summed E-state index contributed by atoms with van der Waals surface area (Å²) in [5.41, 5.74) is 6.05. The summed E-state index contributed by atoms with van der Waals surface area (Å²) in [7, 11) is 0. The van der Waals surface area contributed by atoms with E-state index in [9.17, 15) is 0 Å². The second-order valence-corrected chi connectivity index (χ2v) is 6.40. The first-order chi connectivity index (χ1) is 7.66. The molecule has 1 aliphatic heterocycles. The minimum atomic E-state index is 0. The van der Waals surface area contributed by atoms with Gasteiger partial charge in [0, 0.05) is 23.5 Å². The van der Waals surface area contributed by atoms with Crippen LogP contribution < -0.4 is 5.73 Å². The number of rotatable bonds is 3. The molecule has 1 fully saturated rings. The SMILES string of the molecule is CC(N)C1CCCCN1Cc1ccc(Cl)s1.Cl. The maximum absolute atomic E-state index is 6.05. The molecule has 17 heavy (non-hydrogen) atoms. The van der Waals surface area contributed by atoms with E-state index < -0.39 is 0 Å². The standard InChI is InChI=1S/C12H19ClN2S.ClH/c1-9(14)11-4-2-3-7-15(11)8-10-5-6-12(13)16-10;/h5-6,9,11H,2-4,7-8,14H2,1H3;1H. The topological polar surface area (TPSA) is 29.3 Å². The summed E-state index contributed by atoms with van der Waals surface area (Å²) >= 11 is 7.63. The fraction of sp³-hybridized carbons (Fsp3) is 0.667. The van der Waals surface area contributed by atoms with Crippen LogP contribution in [0.25, 0.3) is 0 Å². The van der Waals surface area contributed by atoms with Gasteiger partial charge in [-0.2, -0.15) is 0 Å². The van der Waals surface area contributed by atoms with Crippen LogP contribution in [0.5, 0.6) is 0 Å². The minimum absolute atomic E-state index is 0. The molecule has 1 saturated heterocycles. The summed E-state index contributed by atoms with van der Waals surface area (Å²) in [6.07, 6.45) is 3.84. The maximum Gasteiger partial charge on any atom is 0.0931 e. The van der Waals surface area contributed by atoms with Gasteiger partial charge in [0.15, 0.2) is 0 Å². The van der Waals surface area contributed by atoms with Crippen molar-refractivity contribution in [3.05, 3.63) is 21.3 Å². The number of likely N-dealkylation sites (tertiary alicyclic amines) is 1. The molecule has 0 spiro atoms. The van der Waals surface area contributed by atoms with Crippen molar-refractivity contribution in [2.45, 2.75) is 44.8 Å². The van der Waals surface area contributed by atoms with Crippen LogP contribution >= 0.6 is 35.3 Å². The smallest absolute Gasteiger partial charge is 0.0931 e. The van der Waals surface area contributed by atoms with Gasteiger partial charge in [0.1, 0.15) is 0 Å². The lowest BCUT2D eigenvalue weighted by Crippen LogP contribution is -2.48. The number of halogens is 2. The van der Waals surface area contributed by atoms with Crippen molar-refractivity contribution in [2.24, 2.45) is 5.73 Å². The highest BCUT2D eigenvalue weighted by molar-refractivity contribution is 7.16. The summed E-state index contributed by atoms with van der Waals surface area (Å²) < 4.78 is 0.879. The molecule has 0 saturated carbocycles. The largest absolute Gasteiger partial charge is 0.327 e. The number of nitrogens with zero attached hydrogens (tertiary/aromatic N) is 1. The second kappa shape index (κ2) is 6.95. The number of hydrogen-bond acceptors (Lipinski definition) is 3. The van der Waals surface area contributed by atoms with E-state index in [0.717, 1.165) is 10.9 Å². The van der Waals surface area contributed by atoms with Gasteiger partial charge >= 0.3 is 0 Å². The molecular weight excluding hydrogens is 275 g/mol. The van der Waals surface area contributed by atoms with Gasteiger partial charge in [-0.1, -0.05) is 18.0 Å². The van der Waals surface area contributed by atoms with Gasteiger partial charge in [0.2, 0.25) is 0 Å². The number of hydrogen-bond donors (Lipinski definition) is 1. The normalized spacial score (nSPS) is 23.1. The van der Waals surface area contributed by atoms with E-state index >= 15 is 0 Å². The lowest BCUT2D eigenvalue weighted by molar-refractivity contribution is 0.124. The zero-order valence-electron chi connectivity index (χ0n) is 10.1. The molecule has 2 heterocycles. The van der Waals surface area contributed by atoms with Gasteiger partial charge in [-0.3, -0.25) is 4.90 Å². The highest BCUT2D eigenvalue weighted by Crippen LogP contribution is 2.26. The fourth-order valence-electron chi connectivity index (χ4n) is 2.45.